The van der Waals surface area contributed by atoms with Crippen LogP contribution >= 0.6 is 39.1 Å². The summed E-state index contributed by atoms with van der Waals surface area (Å²) in [5, 5.41) is 11.0. The molecule has 2 aromatic carbocycles. The Labute approximate surface area is 129 Å². The van der Waals surface area contributed by atoms with Gasteiger partial charge in [0.15, 0.2) is 0 Å². The van der Waals surface area contributed by atoms with Crippen molar-refractivity contribution in [3.8, 4) is 0 Å². The molecule has 0 radical (unpaired) electrons. The molecule has 2 rings (SSSR count). The number of halogens is 4. The van der Waals surface area contributed by atoms with Crippen LogP contribution in [0.5, 0.6) is 0 Å². The van der Waals surface area contributed by atoms with E-state index >= 15 is 0 Å². The third-order valence-corrected chi connectivity index (χ3v) is 3.80. The first-order valence-electron chi connectivity index (χ1n) is 5.54. The zero-order chi connectivity index (χ0) is 14.0. The molecule has 5 heteroatoms. The Bertz CT molecular complexity index is 604. The minimum atomic E-state index is -0.881. The van der Waals surface area contributed by atoms with E-state index in [0.29, 0.717) is 21.2 Å². The van der Waals surface area contributed by atoms with Gasteiger partial charge in [-0.3, -0.25) is 0 Å². The van der Waals surface area contributed by atoms with Gasteiger partial charge in [-0.15, -0.1) is 0 Å². The molecular weight excluding hydrogens is 354 g/mol. The van der Waals surface area contributed by atoms with Crippen LogP contribution in [0.3, 0.4) is 0 Å². The Morgan fingerprint density at radius 2 is 1.89 bits per heavy atom. The molecule has 0 bridgehead atoms. The van der Waals surface area contributed by atoms with Crippen molar-refractivity contribution in [1.29, 1.82) is 0 Å². The second-order valence-corrected chi connectivity index (χ2v) is 5.88. The van der Waals surface area contributed by atoms with Crippen molar-refractivity contribution in [2.45, 2.75) is 12.5 Å². The summed E-state index contributed by atoms with van der Waals surface area (Å²) in [6.45, 7) is 0. The van der Waals surface area contributed by atoms with E-state index in [1.165, 1.54) is 6.07 Å². The summed E-state index contributed by atoms with van der Waals surface area (Å²) < 4.78 is 14.4. The summed E-state index contributed by atoms with van der Waals surface area (Å²) in [5.74, 6) is -0.354. The maximum absolute atomic E-state index is 13.6. The van der Waals surface area contributed by atoms with E-state index in [4.69, 9.17) is 23.2 Å². The van der Waals surface area contributed by atoms with Gasteiger partial charge in [0.05, 0.1) is 6.10 Å². The molecule has 0 fully saturated rings. The molecule has 0 aliphatic rings. The van der Waals surface area contributed by atoms with Gasteiger partial charge < -0.3 is 5.11 Å². The largest absolute Gasteiger partial charge is 0.388 e. The van der Waals surface area contributed by atoms with Crippen LogP contribution in [0.2, 0.25) is 10.0 Å². The molecule has 0 aliphatic heterocycles. The molecule has 1 N–H and O–H groups in total. The molecule has 0 aromatic heterocycles. The summed E-state index contributed by atoms with van der Waals surface area (Å²) in [6.07, 6.45) is -0.735. The second kappa shape index (κ2) is 6.23. The quantitative estimate of drug-likeness (QED) is 0.797. The molecule has 19 heavy (non-hydrogen) atoms. The van der Waals surface area contributed by atoms with Crippen LogP contribution < -0.4 is 0 Å². The second-order valence-electron chi connectivity index (χ2n) is 4.12. The molecule has 1 unspecified atom stereocenters. The standard InChI is InChI=1S/C14H10BrCl2FO/c15-9-1-4-13(18)8(5-9)6-14(19)11-3-2-10(16)7-12(11)17/h1-5,7,14,19H,6H2. The highest BCUT2D eigenvalue weighted by Crippen LogP contribution is 2.29. The number of rotatable bonds is 3. The highest BCUT2D eigenvalue weighted by atomic mass is 79.9. The van der Waals surface area contributed by atoms with Crippen molar-refractivity contribution in [3.63, 3.8) is 0 Å². The Morgan fingerprint density at radius 1 is 1.16 bits per heavy atom. The fourth-order valence-corrected chi connectivity index (χ4v) is 2.73. The summed E-state index contributed by atoms with van der Waals surface area (Å²) in [5.41, 5.74) is 0.957. The van der Waals surface area contributed by atoms with E-state index in [1.807, 2.05) is 0 Å². The van der Waals surface area contributed by atoms with Crippen molar-refractivity contribution >= 4 is 39.1 Å². The maximum Gasteiger partial charge on any atom is 0.126 e. The Balaban J connectivity index is 2.25. The average molecular weight is 364 g/mol. The fraction of sp³-hybridized carbons (Fsp3) is 0.143. The third-order valence-electron chi connectivity index (χ3n) is 2.74. The van der Waals surface area contributed by atoms with Crippen molar-refractivity contribution in [1.82, 2.24) is 0 Å². The van der Waals surface area contributed by atoms with Gasteiger partial charge in [0.1, 0.15) is 5.82 Å². The predicted octanol–water partition coefficient (Wildman–Crippen LogP) is 5.17. The van der Waals surface area contributed by atoms with Crippen LogP contribution in [0, 0.1) is 5.82 Å². The molecule has 0 aliphatic carbocycles. The lowest BCUT2D eigenvalue weighted by atomic mass is 10.0. The molecule has 0 heterocycles. The number of benzene rings is 2. The van der Waals surface area contributed by atoms with Gasteiger partial charge in [-0.25, -0.2) is 4.39 Å². The van der Waals surface area contributed by atoms with E-state index in [0.717, 1.165) is 4.47 Å². The molecule has 0 saturated carbocycles. The van der Waals surface area contributed by atoms with Gasteiger partial charge >= 0.3 is 0 Å². The van der Waals surface area contributed by atoms with Crippen LogP contribution in [-0.4, -0.2) is 5.11 Å². The van der Waals surface area contributed by atoms with Gasteiger partial charge in [0.2, 0.25) is 0 Å². The van der Waals surface area contributed by atoms with Crippen LogP contribution in [0.1, 0.15) is 17.2 Å². The zero-order valence-electron chi connectivity index (χ0n) is 9.71. The highest BCUT2D eigenvalue weighted by molar-refractivity contribution is 9.10. The van der Waals surface area contributed by atoms with Crippen LogP contribution in [-0.2, 0) is 6.42 Å². The third kappa shape index (κ3) is 3.69. The minimum absolute atomic E-state index is 0.145. The van der Waals surface area contributed by atoms with Gasteiger partial charge in [-0.1, -0.05) is 45.2 Å². The van der Waals surface area contributed by atoms with Crippen molar-refractivity contribution < 1.29 is 9.50 Å². The molecule has 1 nitrogen and oxygen atoms in total. The van der Waals surface area contributed by atoms with E-state index in [-0.39, 0.29) is 12.2 Å². The van der Waals surface area contributed by atoms with E-state index in [2.05, 4.69) is 15.9 Å². The summed E-state index contributed by atoms with van der Waals surface area (Å²) in [4.78, 5) is 0. The first-order valence-corrected chi connectivity index (χ1v) is 7.09. The van der Waals surface area contributed by atoms with Crippen molar-refractivity contribution in [2.24, 2.45) is 0 Å². The van der Waals surface area contributed by atoms with E-state index < -0.39 is 6.10 Å². The van der Waals surface area contributed by atoms with Crippen molar-refractivity contribution in [2.75, 3.05) is 0 Å². The number of hydrogen-bond donors (Lipinski definition) is 1. The van der Waals surface area contributed by atoms with Gasteiger partial charge in [-0.2, -0.15) is 0 Å². The number of hydrogen-bond acceptors (Lipinski definition) is 1. The Morgan fingerprint density at radius 3 is 2.58 bits per heavy atom. The molecule has 100 valence electrons. The summed E-state index contributed by atoms with van der Waals surface area (Å²) in [6, 6.07) is 9.45. The topological polar surface area (TPSA) is 20.2 Å². The number of aliphatic hydroxyl groups is 1. The number of aliphatic hydroxyl groups excluding tert-OH is 1. The van der Waals surface area contributed by atoms with Gasteiger partial charge in [0.25, 0.3) is 0 Å². The van der Waals surface area contributed by atoms with Crippen LogP contribution in [0.25, 0.3) is 0 Å². The maximum atomic E-state index is 13.6. The SMILES string of the molecule is OC(Cc1cc(Br)ccc1F)c1ccc(Cl)cc1Cl. The van der Waals surface area contributed by atoms with Gasteiger partial charge in [-0.05, 0) is 41.5 Å². The molecule has 2 aromatic rings. The first-order chi connectivity index (χ1) is 8.97. The molecular formula is C14H10BrCl2FO. The molecule has 0 saturated heterocycles. The summed E-state index contributed by atoms with van der Waals surface area (Å²) >= 11 is 15.1. The zero-order valence-corrected chi connectivity index (χ0v) is 12.8. The average Bonchev–Trinajstić information content (AvgIpc) is 2.33. The normalized spacial score (nSPS) is 12.5. The lowest BCUT2D eigenvalue weighted by Gasteiger charge is -2.14. The highest BCUT2D eigenvalue weighted by Gasteiger charge is 2.15. The van der Waals surface area contributed by atoms with Crippen LogP contribution in [0.4, 0.5) is 4.39 Å². The van der Waals surface area contributed by atoms with E-state index in [9.17, 15) is 9.50 Å². The Kier molecular flexibility index (Phi) is 4.85. The first kappa shape index (κ1) is 14.8. The lowest BCUT2D eigenvalue weighted by Crippen LogP contribution is -2.04. The molecule has 1 atom stereocenters. The fourth-order valence-electron chi connectivity index (χ4n) is 1.79. The monoisotopic (exact) mass is 362 g/mol. The Hall–Kier alpha value is -0.610. The summed E-state index contributed by atoms with van der Waals surface area (Å²) in [7, 11) is 0. The minimum Gasteiger partial charge on any atom is -0.388 e. The predicted molar refractivity (Wildman–Crippen MR) is 79.2 cm³/mol. The van der Waals surface area contributed by atoms with Crippen molar-refractivity contribution in [3.05, 3.63) is 67.9 Å². The van der Waals surface area contributed by atoms with Gasteiger partial charge in [0, 0.05) is 20.9 Å². The van der Waals surface area contributed by atoms with E-state index in [1.54, 1.807) is 30.3 Å². The molecule has 0 amide bonds. The lowest BCUT2D eigenvalue weighted by molar-refractivity contribution is 0.177. The molecule has 0 spiro atoms. The van der Waals surface area contributed by atoms with Crippen LogP contribution in [0.15, 0.2) is 40.9 Å². The smallest absolute Gasteiger partial charge is 0.126 e.